The summed E-state index contributed by atoms with van der Waals surface area (Å²) in [7, 11) is 0. The van der Waals surface area contributed by atoms with Gasteiger partial charge in [0.2, 0.25) is 5.89 Å². The number of hydrogen-bond donors (Lipinski definition) is 2. The van der Waals surface area contributed by atoms with E-state index in [1.807, 2.05) is 6.07 Å². The molecule has 104 valence electrons. The average molecular weight is 289 g/mol. The Bertz CT molecular complexity index is 667. The quantitative estimate of drug-likeness (QED) is 0.824. The molecule has 1 aliphatic carbocycles. The number of pyridine rings is 1. The van der Waals surface area contributed by atoms with E-state index in [0.29, 0.717) is 29.1 Å². The second-order valence-electron chi connectivity index (χ2n) is 4.80. The fourth-order valence-corrected chi connectivity index (χ4v) is 2.52. The van der Waals surface area contributed by atoms with E-state index in [0.717, 1.165) is 30.5 Å². The molecule has 0 saturated carbocycles. The monoisotopic (exact) mass is 289 g/mol. The Labute approximate surface area is 121 Å². The van der Waals surface area contributed by atoms with E-state index in [-0.39, 0.29) is 0 Å². The molecule has 0 saturated heterocycles. The molecule has 2 aromatic heterocycles. The van der Waals surface area contributed by atoms with E-state index in [2.05, 4.69) is 20.4 Å². The van der Waals surface area contributed by atoms with Gasteiger partial charge in [-0.05, 0) is 37.8 Å². The van der Waals surface area contributed by atoms with Crippen LogP contribution in [0.2, 0.25) is 0 Å². The molecule has 1 aliphatic rings. The second kappa shape index (κ2) is 5.16. The zero-order valence-corrected chi connectivity index (χ0v) is 12.0. The van der Waals surface area contributed by atoms with Gasteiger partial charge in [-0.2, -0.15) is 4.98 Å². The topological polar surface area (TPSA) is 89.9 Å². The molecule has 3 N–H and O–H groups in total. The number of aryl methyl sites for hydroxylation is 3. The van der Waals surface area contributed by atoms with Crippen molar-refractivity contribution in [2.75, 3.05) is 5.32 Å². The van der Waals surface area contributed by atoms with E-state index in [9.17, 15) is 0 Å². The Kier molecular flexibility index (Phi) is 3.35. The van der Waals surface area contributed by atoms with Crippen LogP contribution in [0.1, 0.15) is 35.0 Å². The van der Waals surface area contributed by atoms with Crippen LogP contribution in [-0.2, 0) is 19.4 Å². The highest BCUT2D eigenvalue weighted by Gasteiger charge is 2.18. The van der Waals surface area contributed by atoms with Crippen molar-refractivity contribution in [3.05, 3.63) is 34.6 Å². The number of thiocarbonyl (C=S) groups is 1. The predicted octanol–water partition coefficient (Wildman–Crippen LogP) is 1.51. The summed E-state index contributed by atoms with van der Waals surface area (Å²) in [5.41, 5.74) is 8.92. The molecule has 0 bridgehead atoms. The summed E-state index contributed by atoms with van der Waals surface area (Å²) in [5, 5.41) is 6.93. The van der Waals surface area contributed by atoms with Gasteiger partial charge in [0.05, 0.1) is 12.1 Å². The molecule has 2 aromatic rings. The molecule has 0 amide bonds. The van der Waals surface area contributed by atoms with Crippen LogP contribution < -0.4 is 11.1 Å². The molecule has 3 rings (SSSR count). The summed E-state index contributed by atoms with van der Waals surface area (Å²) < 4.78 is 5.06. The highest BCUT2D eigenvalue weighted by molar-refractivity contribution is 7.80. The lowest BCUT2D eigenvalue weighted by molar-refractivity contribution is 0.379. The van der Waals surface area contributed by atoms with Crippen molar-refractivity contribution in [2.24, 2.45) is 5.73 Å². The summed E-state index contributed by atoms with van der Waals surface area (Å²) in [6, 6.07) is 2.04. The Hall–Kier alpha value is -2.02. The van der Waals surface area contributed by atoms with Crippen molar-refractivity contribution in [2.45, 2.75) is 32.7 Å². The van der Waals surface area contributed by atoms with Crippen LogP contribution in [0.5, 0.6) is 0 Å². The van der Waals surface area contributed by atoms with Crippen LogP contribution in [0, 0.1) is 6.92 Å². The molecule has 0 atom stereocenters. The van der Waals surface area contributed by atoms with Crippen molar-refractivity contribution in [3.8, 4) is 0 Å². The predicted molar refractivity (Wildman–Crippen MR) is 78.5 cm³/mol. The van der Waals surface area contributed by atoms with E-state index in [1.165, 1.54) is 5.56 Å². The molecule has 0 unspecified atom stereocenters. The molecule has 2 heterocycles. The fourth-order valence-electron chi connectivity index (χ4n) is 2.37. The maximum absolute atomic E-state index is 5.78. The average Bonchev–Trinajstić information content (AvgIpc) is 3.03. The fraction of sp³-hybridized carbons (Fsp3) is 0.385. The molecule has 0 aromatic carbocycles. The molecule has 0 aliphatic heterocycles. The van der Waals surface area contributed by atoms with Crippen LogP contribution in [-0.4, -0.2) is 20.1 Å². The standard InChI is InChI=1S/C13H15N5OS/c1-7-16-11(19-18-7)6-15-13-9(12(14)20)5-8-3-2-4-10(8)17-13/h5H,2-4,6H2,1H3,(H2,14,20)(H,15,17). The van der Waals surface area contributed by atoms with E-state index in [4.69, 9.17) is 22.5 Å². The minimum absolute atomic E-state index is 0.344. The van der Waals surface area contributed by atoms with Gasteiger partial charge in [0.1, 0.15) is 10.8 Å². The maximum Gasteiger partial charge on any atom is 0.245 e. The first-order valence-electron chi connectivity index (χ1n) is 6.49. The lowest BCUT2D eigenvalue weighted by Gasteiger charge is -2.11. The summed E-state index contributed by atoms with van der Waals surface area (Å²) in [6.45, 7) is 2.18. The number of hydrogen-bond acceptors (Lipinski definition) is 6. The third-order valence-electron chi connectivity index (χ3n) is 3.29. The van der Waals surface area contributed by atoms with E-state index in [1.54, 1.807) is 6.92 Å². The summed E-state index contributed by atoms with van der Waals surface area (Å²) >= 11 is 5.10. The highest BCUT2D eigenvalue weighted by atomic mass is 32.1. The van der Waals surface area contributed by atoms with Gasteiger partial charge in [-0.3, -0.25) is 0 Å². The van der Waals surface area contributed by atoms with Crippen LogP contribution in [0.15, 0.2) is 10.6 Å². The number of anilines is 1. The molecule has 0 radical (unpaired) electrons. The van der Waals surface area contributed by atoms with Crippen molar-refractivity contribution in [3.63, 3.8) is 0 Å². The number of nitrogens with zero attached hydrogens (tertiary/aromatic N) is 3. The number of aromatic nitrogens is 3. The minimum Gasteiger partial charge on any atom is -0.389 e. The van der Waals surface area contributed by atoms with Gasteiger partial charge < -0.3 is 15.6 Å². The van der Waals surface area contributed by atoms with Crippen molar-refractivity contribution < 1.29 is 4.52 Å². The Morgan fingerprint density at radius 2 is 2.30 bits per heavy atom. The summed E-state index contributed by atoms with van der Waals surface area (Å²) in [6.07, 6.45) is 3.17. The first kappa shape index (κ1) is 13.0. The highest BCUT2D eigenvalue weighted by Crippen LogP contribution is 2.25. The zero-order valence-electron chi connectivity index (χ0n) is 11.1. The molecule has 0 spiro atoms. The first-order valence-corrected chi connectivity index (χ1v) is 6.90. The van der Waals surface area contributed by atoms with Gasteiger partial charge in [-0.25, -0.2) is 4.98 Å². The minimum atomic E-state index is 0.344. The van der Waals surface area contributed by atoms with E-state index >= 15 is 0 Å². The lowest BCUT2D eigenvalue weighted by atomic mass is 10.1. The van der Waals surface area contributed by atoms with Crippen molar-refractivity contribution >= 4 is 23.0 Å². The van der Waals surface area contributed by atoms with Gasteiger partial charge in [0, 0.05) is 5.69 Å². The Balaban J connectivity index is 1.86. The molecule has 0 fully saturated rings. The van der Waals surface area contributed by atoms with Crippen LogP contribution >= 0.6 is 12.2 Å². The molecule has 20 heavy (non-hydrogen) atoms. The maximum atomic E-state index is 5.78. The molecular formula is C13H15N5OS. The second-order valence-corrected chi connectivity index (χ2v) is 5.24. The Morgan fingerprint density at radius 3 is 3.00 bits per heavy atom. The zero-order chi connectivity index (χ0) is 14.1. The van der Waals surface area contributed by atoms with Crippen molar-refractivity contribution in [1.82, 2.24) is 15.1 Å². The number of fused-ring (bicyclic) bond motifs is 1. The normalized spacial score (nSPS) is 13.2. The van der Waals surface area contributed by atoms with Gasteiger partial charge >= 0.3 is 0 Å². The molecule has 7 heteroatoms. The third kappa shape index (κ3) is 2.49. The molecule has 6 nitrogen and oxygen atoms in total. The third-order valence-corrected chi connectivity index (χ3v) is 3.51. The smallest absolute Gasteiger partial charge is 0.245 e. The van der Waals surface area contributed by atoms with Crippen LogP contribution in [0.3, 0.4) is 0 Å². The van der Waals surface area contributed by atoms with Gasteiger partial charge in [0.25, 0.3) is 0 Å². The lowest BCUT2D eigenvalue weighted by Crippen LogP contribution is -2.16. The largest absolute Gasteiger partial charge is 0.389 e. The number of nitrogens with one attached hydrogen (secondary N) is 1. The van der Waals surface area contributed by atoms with Gasteiger partial charge in [-0.1, -0.05) is 17.4 Å². The Morgan fingerprint density at radius 1 is 1.45 bits per heavy atom. The number of nitrogens with two attached hydrogens (primary N) is 1. The van der Waals surface area contributed by atoms with E-state index < -0.39 is 0 Å². The SMILES string of the molecule is Cc1noc(CNc2nc3c(cc2C(N)=S)CCC3)n1. The van der Waals surface area contributed by atoms with Crippen LogP contribution in [0.4, 0.5) is 5.82 Å². The summed E-state index contributed by atoms with van der Waals surface area (Å²) in [5.74, 6) is 1.81. The van der Waals surface area contributed by atoms with Crippen molar-refractivity contribution in [1.29, 1.82) is 0 Å². The first-order chi connectivity index (χ1) is 9.63. The number of rotatable bonds is 4. The van der Waals surface area contributed by atoms with Crippen LogP contribution in [0.25, 0.3) is 0 Å². The van der Waals surface area contributed by atoms with Gasteiger partial charge in [0.15, 0.2) is 5.82 Å². The van der Waals surface area contributed by atoms with Gasteiger partial charge in [-0.15, -0.1) is 0 Å². The summed E-state index contributed by atoms with van der Waals surface area (Å²) in [4.78, 5) is 9.11. The molecular weight excluding hydrogens is 274 g/mol.